The zero-order chi connectivity index (χ0) is 20.9. The molecule has 1 aliphatic rings. The van der Waals surface area contributed by atoms with E-state index in [4.69, 9.17) is 9.47 Å². The SMILES string of the molecule is O=C(CSc1ncc(CO)n1Cc1ccc(F)cc1)NCc1ccc2c(c1)OCO2. The summed E-state index contributed by atoms with van der Waals surface area (Å²) in [7, 11) is 0. The van der Waals surface area contributed by atoms with E-state index in [1.165, 1.54) is 23.9 Å². The van der Waals surface area contributed by atoms with Crippen molar-refractivity contribution in [2.45, 2.75) is 24.9 Å². The minimum absolute atomic E-state index is 0.139. The van der Waals surface area contributed by atoms with Gasteiger partial charge in [0.05, 0.1) is 24.3 Å². The number of rotatable bonds is 8. The van der Waals surface area contributed by atoms with E-state index in [1.807, 2.05) is 22.8 Å². The molecule has 0 fully saturated rings. The first-order chi connectivity index (χ1) is 14.6. The molecule has 3 aromatic rings. The largest absolute Gasteiger partial charge is 0.454 e. The van der Waals surface area contributed by atoms with Gasteiger partial charge in [-0.05, 0) is 35.4 Å². The fraction of sp³-hybridized carbons (Fsp3) is 0.238. The van der Waals surface area contributed by atoms with Crippen molar-refractivity contribution in [3.63, 3.8) is 0 Å². The molecule has 0 atom stereocenters. The summed E-state index contributed by atoms with van der Waals surface area (Å²) in [5.41, 5.74) is 2.42. The van der Waals surface area contributed by atoms with Crippen LogP contribution in [0.15, 0.2) is 53.8 Å². The van der Waals surface area contributed by atoms with E-state index < -0.39 is 0 Å². The maximum atomic E-state index is 13.1. The Kier molecular flexibility index (Phi) is 6.20. The zero-order valence-corrected chi connectivity index (χ0v) is 16.8. The Bertz CT molecular complexity index is 1040. The molecular weight excluding hydrogens is 409 g/mol. The highest BCUT2D eigenvalue weighted by atomic mass is 32.2. The predicted octanol–water partition coefficient (Wildman–Crippen LogP) is 2.70. The fourth-order valence-corrected chi connectivity index (χ4v) is 3.83. The number of thioether (sulfide) groups is 1. The van der Waals surface area contributed by atoms with E-state index in [0.29, 0.717) is 35.4 Å². The molecule has 156 valence electrons. The van der Waals surface area contributed by atoms with Gasteiger partial charge in [-0.15, -0.1) is 0 Å². The molecule has 30 heavy (non-hydrogen) atoms. The third-order valence-electron chi connectivity index (χ3n) is 4.58. The molecule has 0 saturated carbocycles. The lowest BCUT2D eigenvalue weighted by atomic mass is 10.2. The van der Waals surface area contributed by atoms with E-state index in [0.717, 1.165) is 11.1 Å². The first-order valence-electron chi connectivity index (χ1n) is 9.30. The number of hydrogen-bond donors (Lipinski definition) is 2. The lowest BCUT2D eigenvalue weighted by Gasteiger charge is -2.11. The van der Waals surface area contributed by atoms with Crippen molar-refractivity contribution in [3.05, 3.63) is 71.3 Å². The summed E-state index contributed by atoms with van der Waals surface area (Å²) in [4.78, 5) is 16.6. The monoisotopic (exact) mass is 429 g/mol. The van der Waals surface area contributed by atoms with Crippen LogP contribution < -0.4 is 14.8 Å². The molecule has 0 radical (unpaired) electrons. The molecule has 0 bridgehead atoms. The van der Waals surface area contributed by atoms with Crippen molar-refractivity contribution in [1.29, 1.82) is 0 Å². The number of aliphatic hydroxyl groups is 1. The van der Waals surface area contributed by atoms with Gasteiger partial charge in [-0.3, -0.25) is 4.79 Å². The first kappa shape index (κ1) is 20.2. The van der Waals surface area contributed by atoms with E-state index in [9.17, 15) is 14.3 Å². The maximum Gasteiger partial charge on any atom is 0.231 e. The second-order valence-corrected chi connectivity index (χ2v) is 7.60. The molecule has 9 heteroatoms. The van der Waals surface area contributed by atoms with Crippen LogP contribution in [0, 0.1) is 5.82 Å². The van der Waals surface area contributed by atoms with E-state index >= 15 is 0 Å². The number of benzene rings is 2. The number of ether oxygens (including phenoxy) is 2. The van der Waals surface area contributed by atoms with Gasteiger partial charge in [0.2, 0.25) is 12.7 Å². The van der Waals surface area contributed by atoms with Crippen LogP contribution in [0.4, 0.5) is 4.39 Å². The van der Waals surface area contributed by atoms with Gasteiger partial charge in [-0.25, -0.2) is 9.37 Å². The van der Waals surface area contributed by atoms with Gasteiger partial charge >= 0.3 is 0 Å². The van der Waals surface area contributed by atoms with Crippen molar-refractivity contribution < 1.29 is 23.8 Å². The third kappa shape index (κ3) is 4.74. The van der Waals surface area contributed by atoms with Gasteiger partial charge in [-0.2, -0.15) is 0 Å². The average molecular weight is 429 g/mol. The van der Waals surface area contributed by atoms with Crippen LogP contribution in [0.3, 0.4) is 0 Å². The van der Waals surface area contributed by atoms with Crippen LogP contribution in [0.5, 0.6) is 11.5 Å². The minimum atomic E-state index is -0.305. The topological polar surface area (TPSA) is 85.6 Å². The van der Waals surface area contributed by atoms with Crippen LogP contribution in [0.2, 0.25) is 0 Å². The Balaban J connectivity index is 1.34. The van der Waals surface area contributed by atoms with Crippen LogP contribution in [-0.4, -0.2) is 33.1 Å². The molecule has 0 aliphatic carbocycles. The molecule has 2 heterocycles. The van der Waals surface area contributed by atoms with Crippen molar-refractivity contribution in [3.8, 4) is 11.5 Å². The number of aliphatic hydroxyl groups excluding tert-OH is 1. The Morgan fingerprint density at radius 2 is 1.93 bits per heavy atom. The normalized spacial score (nSPS) is 12.2. The number of imidazole rings is 1. The predicted molar refractivity (Wildman–Crippen MR) is 109 cm³/mol. The van der Waals surface area contributed by atoms with Crippen molar-refractivity contribution in [2.24, 2.45) is 0 Å². The number of fused-ring (bicyclic) bond motifs is 1. The van der Waals surface area contributed by atoms with Crippen LogP contribution in [0.25, 0.3) is 0 Å². The Morgan fingerprint density at radius 1 is 1.17 bits per heavy atom. The summed E-state index contributed by atoms with van der Waals surface area (Å²) in [5.74, 6) is 1.11. The maximum absolute atomic E-state index is 13.1. The third-order valence-corrected chi connectivity index (χ3v) is 5.57. The number of aromatic nitrogens is 2. The Morgan fingerprint density at radius 3 is 2.73 bits per heavy atom. The summed E-state index contributed by atoms with van der Waals surface area (Å²) in [6, 6.07) is 11.7. The average Bonchev–Trinajstić information content (AvgIpc) is 3.38. The minimum Gasteiger partial charge on any atom is -0.454 e. The molecular formula is C21H20FN3O4S. The molecule has 0 unspecified atom stereocenters. The molecule has 4 rings (SSSR count). The summed E-state index contributed by atoms with van der Waals surface area (Å²) in [6.45, 7) is 0.840. The van der Waals surface area contributed by atoms with Gasteiger partial charge in [-0.1, -0.05) is 30.0 Å². The van der Waals surface area contributed by atoms with E-state index in [2.05, 4.69) is 10.3 Å². The second-order valence-electron chi connectivity index (χ2n) is 6.66. The van der Waals surface area contributed by atoms with Gasteiger partial charge < -0.3 is 24.5 Å². The Hall–Kier alpha value is -3.04. The summed E-state index contributed by atoms with van der Waals surface area (Å²) < 4.78 is 25.6. The zero-order valence-electron chi connectivity index (χ0n) is 16.0. The van der Waals surface area contributed by atoms with Crippen molar-refractivity contribution in [1.82, 2.24) is 14.9 Å². The van der Waals surface area contributed by atoms with Crippen LogP contribution in [-0.2, 0) is 24.5 Å². The number of carbonyl (C=O) groups is 1. The van der Waals surface area contributed by atoms with Crippen molar-refractivity contribution >= 4 is 17.7 Å². The summed E-state index contributed by atoms with van der Waals surface area (Å²) >= 11 is 1.28. The van der Waals surface area contributed by atoms with Crippen LogP contribution in [0.1, 0.15) is 16.8 Å². The fourth-order valence-electron chi connectivity index (χ4n) is 3.01. The molecule has 1 amide bonds. The Labute approximate surface area is 176 Å². The molecule has 1 aliphatic heterocycles. The summed E-state index contributed by atoms with van der Waals surface area (Å²) in [6.07, 6.45) is 1.58. The number of nitrogens with zero attached hydrogens (tertiary/aromatic N) is 2. The lowest BCUT2D eigenvalue weighted by Crippen LogP contribution is -2.24. The molecule has 0 spiro atoms. The number of hydrogen-bond acceptors (Lipinski definition) is 6. The molecule has 2 N–H and O–H groups in total. The van der Waals surface area contributed by atoms with Gasteiger partial charge in [0, 0.05) is 13.1 Å². The number of nitrogens with one attached hydrogen (secondary N) is 1. The standard InChI is InChI=1S/C21H20FN3O4S/c22-16-4-1-14(2-5-16)10-25-17(11-26)9-24-21(25)30-12-20(27)23-8-15-3-6-18-19(7-15)29-13-28-18/h1-7,9,26H,8,10-13H2,(H,23,27). The number of carbonyl (C=O) groups excluding carboxylic acids is 1. The number of halogens is 1. The van der Waals surface area contributed by atoms with E-state index in [-0.39, 0.29) is 30.9 Å². The first-order valence-corrected chi connectivity index (χ1v) is 10.3. The molecule has 2 aromatic carbocycles. The molecule has 0 saturated heterocycles. The molecule has 7 nitrogen and oxygen atoms in total. The van der Waals surface area contributed by atoms with Gasteiger partial charge in [0.15, 0.2) is 16.7 Å². The second kappa shape index (κ2) is 9.19. The quantitative estimate of drug-likeness (QED) is 0.536. The van der Waals surface area contributed by atoms with Gasteiger partial charge in [0.25, 0.3) is 0 Å². The highest BCUT2D eigenvalue weighted by Gasteiger charge is 2.15. The smallest absolute Gasteiger partial charge is 0.231 e. The lowest BCUT2D eigenvalue weighted by molar-refractivity contribution is -0.118. The highest BCUT2D eigenvalue weighted by Crippen LogP contribution is 2.32. The molecule has 1 aromatic heterocycles. The number of amides is 1. The summed E-state index contributed by atoms with van der Waals surface area (Å²) in [5, 5.41) is 13.1. The van der Waals surface area contributed by atoms with Crippen LogP contribution >= 0.6 is 11.8 Å². The highest BCUT2D eigenvalue weighted by molar-refractivity contribution is 7.99. The van der Waals surface area contributed by atoms with E-state index in [1.54, 1.807) is 18.3 Å². The van der Waals surface area contributed by atoms with Crippen molar-refractivity contribution in [2.75, 3.05) is 12.5 Å². The van der Waals surface area contributed by atoms with Gasteiger partial charge in [0.1, 0.15) is 5.82 Å².